The highest BCUT2D eigenvalue weighted by atomic mass is 19.1. The summed E-state index contributed by atoms with van der Waals surface area (Å²) in [6, 6.07) is 5.04. The number of carboxylic acid groups (broad SMARTS) is 1. The molecule has 2 aromatic heterocycles. The molecule has 1 fully saturated rings. The number of rotatable bonds is 4. The predicted octanol–water partition coefficient (Wildman–Crippen LogP) is 5.82. The Morgan fingerprint density at radius 2 is 1.91 bits per heavy atom. The lowest BCUT2D eigenvalue weighted by Gasteiger charge is -2.30. The van der Waals surface area contributed by atoms with Crippen LogP contribution >= 0.6 is 0 Å². The number of ether oxygens (including phenoxy) is 3. The van der Waals surface area contributed by atoms with E-state index in [1.165, 1.54) is 24.5 Å². The zero-order valence-corrected chi connectivity index (χ0v) is 23.9. The van der Waals surface area contributed by atoms with Gasteiger partial charge in [0, 0.05) is 28.9 Å². The Morgan fingerprint density at radius 1 is 1.14 bits per heavy atom. The van der Waals surface area contributed by atoms with Gasteiger partial charge in [0.2, 0.25) is 5.88 Å². The van der Waals surface area contributed by atoms with Crippen molar-refractivity contribution in [3.63, 3.8) is 0 Å². The van der Waals surface area contributed by atoms with E-state index in [-0.39, 0.29) is 58.7 Å². The third-order valence-corrected chi connectivity index (χ3v) is 7.07. The molecule has 13 nitrogen and oxygen atoms in total. The van der Waals surface area contributed by atoms with Gasteiger partial charge in [0.1, 0.15) is 29.8 Å². The number of nitriles is 1. The number of nitrogens with zero attached hydrogens (tertiary/aromatic N) is 4. The van der Waals surface area contributed by atoms with Crippen LogP contribution in [0.15, 0.2) is 24.5 Å². The predicted molar refractivity (Wildman–Crippen MR) is 153 cm³/mol. The summed E-state index contributed by atoms with van der Waals surface area (Å²) in [6.45, 7) is 6.79. The van der Waals surface area contributed by atoms with E-state index >= 15 is 4.39 Å². The van der Waals surface area contributed by atoms with E-state index in [1.807, 2.05) is 0 Å². The molecule has 3 amide bonds. The maximum absolute atomic E-state index is 16.3. The molecule has 1 saturated carbocycles. The molecule has 224 valence electrons. The van der Waals surface area contributed by atoms with Crippen LogP contribution in [0.4, 0.5) is 36.0 Å². The molecular weight excluding hydrogens is 563 g/mol. The Balaban J connectivity index is 1.59. The van der Waals surface area contributed by atoms with Crippen LogP contribution < -0.4 is 20.3 Å². The maximum atomic E-state index is 16.3. The van der Waals surface area contributed by atoms with Crippen molar-refractivity contribution in [1.82, 2.24) is 9.97 Å². The van der Waals surface area contributed by atoms with Crippen LogP contribution in [0.25, 0.3) is 21.9 Å². The highest BCUT2D eigenvalue weighted by Gasteiger charge is 2.34. The van der Waals surface area contributed by atoms with Gasteiger partial charge >= 0.3 is 18.3 Å². The number of carbonyl (C=O) groups excluding carboxylic acids is 2. The minimum atomic E-state index is -1.21. The van der Waals surface area contributed by atoms with Crippen molar-refractivity contribution >= 4 is 46.2 Å². The molecule has 0 saturated heterocycles. The van der Waals surface area contributed by atoms with Gasteiger partial charge in [-0.3, -0.25) is 15.5 Å². The number of fused-ring (bicyclic) bond motifs is 2. The van der Waals surface area contributed by atoms with Crippen LogP contribution in [-0.2, 0) is 9.47 Å². The summed E-state index contributed by atoms with van der Waals surface area (Å²) >= 11 is 0. The monoisotopic (exact) mass is 592 g/mol. The molecule has 3 N–H and O–H groups in total. The van der Waals surface area contributed by atoms with Crippen LogP contribution in [-0.4, -0.2) is 58.2 Å². The molecule has 0 bridgehead atoms. The molecular formula is C29H29FN6O7. The van der Waals surface area contributed by atoms with Gasteiger partial charge in [-0.25, -0.2) is 28.7 Å². The Bertz CT molecular complexity index is 1680. The third kappa shape index (κ3) is 5.92. The van der Waals surface area contributed by atoms with Gasteiger partial charge in [-0.15, -0.1) is 0 Å². The molecule has 0 spiro atoms. The van der Waals surface area contributed by atoms with E-state index < -0.39 is 35.8 Å². The molecule has 1 aliphatic carbocycles. The number of hydrogen-bond donors (Lipinski definition) is 3. The molecule has 1 aliphatic heterocycles. The van der Waals surface area contributed by atoms with Crippen LogP contribution in [0.3, 0.4) is 0 Å². The molecule has 2 aliphatic rings. The Kier molecular flexibility index (Phi) is 7.66. The second kappa shape index (κ2) is 11.2. The molecule has 14 heteroatoms. The number of nitrogens with one attached hydrogen (secondary N) is 2. The molecule has 43 heavy (non-hydrogen) atoms. The van der Waals surface area contributed by atoms with Crippen LogP contribution in [0.5, 0.6) is 5.88 Å². The van der Waals surface area contributed by atoms with E-state index in [0.717, 1.165) is 4.90 Å². The van der Waals surface area contributed by atoms with Crippen molar-refractivity contribution < 1.29 is 38.1 Å². The molecule has 5 rings (SSSR count). The van der Waals surface area contributed by atoms with E-state index in [4.69, 9.17) is 19.5 Å². The first kappa shape index (κ1) is 29.3. The number of amides is 3. The normalized spacial score (nSPS) is 17.5. The maximum Gasteiger partial charge on any atom is 0.413 e. The molecule has 3 aromatic rings. The minimum Gasteiger partial charge on any atom is -0.474 e. The van der Waals surface area contributed by atoms with Crippen molar-refractivity contribution in [2.24, 2.45) is 5.92 Å². The summed E-state index contributed by atoms with van der Waals surface area (Å²) in [4.78, 5) is 46.7. The second-order valence-electron chi connectivity index (χ2n) is 11.1. The fourth-order valence-corrected chi connectivity index (χ4v) is 4.89. The second-order valence-corrected chi connectivity index (χ2v) is 11.1. The number of halogens is 1. The molecule has 0 unspecified atom stereocenters. The zero-order chi connectivity index (χ0) is 31.1. The van der Waals surface area contributed by atoms with Gasteiger partial charge in [-0.05, 0) is 63.6 Å². The number of pyridine rings is 2. The highest BCUT2D eigenvalue weighted by Crippen LogP contribution is 2.42. The average molecular weight is 593 g/mol. The number of carbonyl (C=O) groups is 3. The average Bonchev–Trinajstić information content (AvgIpc) is 2.92. The number of anilines is 3. The van der Waals surface area contributed by atoms with E-state index in [0.29, 0.717) is 23.8 Å². The summed E-state index contributed by atoms with van der Waals surface area (Å²) in [6.07, 6.45) is 0.449. The van der Waals surface area contributed by atoms with E-state index in [2.05, 4.69) is 26.7 Å². The topological polar surface area (TPSA) is 176 Å². The molecule has 2 atom stereocenters. The van der Waals surface area contributed by atoms with Crippen molar-refractivity contribution in [2.75, 3.05) is 28.7 Å². The fourth-order valence-electron chi connectivity index (χ4n) is 4.89. The number of benzene rings is 1. The van der Waals surface area contributed by atoms with Crippen LogP contribution in [0.2, 0.25) is 0 Å². The van der Waals surface area contributed by atoms with Gasteiger partial charge in [0.05, 0.1) is 24.2 Å². The van der Waals surface area contributed by atoms with Gasteiger partial charge in [0.15, 0.2) is 5.82 Å². The Morgan fingerprint density at radius 3 is 2.56 bits per heavy atom. The number of aromatic nitrogens is 2. The first-order valence-electron chi connectivity index (χ1n) is 13.5. The van der Waals surface area contributed by atoms with Gasteiger partial charge < -0.3 is 19.3 Å². The lowest BCUT2D eigenvalue weighted by molar-refractivity contribution is 0.0323. The smallest absolute Gasteiger partial charge is 0.413 e. The zero-order valence-electron chi connectivity index (χ0n) is 23.9. The quantitative estimate of drug-likeness (QED) is 0.335. The summed E-state index contributed by atoms with van der Waals surface area (Å²) in [5.41, 5.74) is -0.290. The Labute approximate surface area is 245 Å². The highest BCUT2D eigenvalue weighted by molar-refractivity contribution is 6.04. The van der Waals surface area contributed by atoms with E-state index in [1.54, 1.807) is 27.7 Å². The van der Waals surface area contributed by atoms with Gasteiger partial charge in [-0.2, -0.15) is 5.26 Å². The SMILES string of the molecule is Cc1c(-c2cc3cc(NC(=O)O[C@H]4CC[C@@H]4C#N)ncc3c(NC(=O)OC(C)(C)C)c2F)cnc2c1N(C(=O)O)CCO2. The van der Waals surface area contributed by atoms with Crippen molar-refractivity contribution in [3.8, 4) is 23.1 Å². The van der Waals surface area contributed by atoms with Crippen molar-refractivity contribution in [3.05, 3.63) is 35.9 Å². The Hall–Kier alpha value is -5.19. The van der Waals surface area contributed by atoms with Crippen molar-refractivity contribution in [2.45, 2.75) is 52.2 Å². The van der Waals surface area contributed by atoms with Crippen LogP contribution in [0, 0.1) is 30.0 Å². The lowest BCUT2D eigenvalue weighted by atomic mass is 9.83. The number of hydrogen-bond acceptors (Lipinski definition) is 9. The summed E-state index contributed by atoms with van der Waals surface area (Å²) in [5.74, 6) is -1.02. The third-order valence-electron chi connectivity index (χ3n) is 7.07. The standard InChI is InChI=1S/C29H29FN6O7/c1-14-18(12-33-25-24(14)36(28(39)40)7-8-41-25)17-9-16-10-21(34-26(37)42-20-6-5-15(20)11-31)32-13-19(16)23(22(17)30)35-27(38)43-29(2,3)4/h9-10,12-13,15,20H,5-8H2,1-4H3,(H,35,38)(H,39,40)(H,32,34,37)/t15-,20+/m1/s1. The molecule has 0 radical (unpaired) electrons. The van der Waals surface area contributed by atoms with Gasteiger partial charge in [-0.1, -0.05) is 0 Å². The first-order chi connectivity index (χ1) is 20.4. The lowest BCUT2D eigenvalue weighted by Crippen LogP contribution is -2.37. The fraction of sp³-hybridized carbons (Fsp3) is 0.379. The molecule has 3 heterocycles. The summed E-state index contributed by atoms with van der Waals surface area (Å²) in [7, 11) is 0. The van der Waals surface area contributed by atoms with E-state index in [9.17, 15) is 19.5 Å². The van der Waals surface area contributed by atoms with Crippen molar-refractivity contribution in [1.29, 1.82) is 5.26 Å². The first-order valence-corrected chi connectivity index (χ1v) is 13.5. The summed E-state index contributed by atoms with van der Waals surface area (Å²) in [5, 5.41) is 24.4. The van der Waals surface area contributed by atoms with Gasteiger partial charge in [0.25, 0.3) is 0 Å². The molecule has 1 aromatic carbocycles. The van der Waals surface area contributed by atoms with Crippen LogP contribution in [0.1, 0.15) is 39.2 Å². The summed E-state index contributed by atoms with van der Waals surface area (Å²) < 4.78 is 32.5. The largest absolute Gasteiger partial charge is 0.474 e. The minimum absolute atomic E-state index is 0.00618.